The molecule has 0 radical (unpaired) electrons. The second-order valence-electron chi connectivity index (χ2n) is 7.92. The van der Waals surface area contributed by atoms with E-state index >= 15 is 0 Å². The van der Waals surface area contributed by atoms with Crippen molar-refractivity contribution in [2.75, 3.05) is 13.6 Å². The van der Waals surface area contributed by atoms with E-state index in [1.165, 1.54) is 27.7 Å². The average molecular weight is 323 g/mol. The van der Waals surface area contributed by atoms with Crippen molar-refractivity contribution in [3.05, 3.63) is 47.2 Å². The number of para-hydroxylation sites is 1. The number of carboxylic acid groups (broad SMARTS) is 1. The van der Waals surface area contributed by atoms with Crippen LogP contribution in [0.15, 0.2) is 35.9 Å². The predicted molar refractivity (Wildman–Crippen MR) is 92.6 cm³/mol. The molecule has 0 spiro atoms. The fraction of sp³-hybridized carbons (Fsp3) is 0.450. The van der Waals surface area contributed by atoms with E-state index in [9.17, 15) is 9.90 Å². The molecule has 0 amide bonds. The van der Waals surface area contributed by atoms with Gasteiger partial charge in [0.2, 0.25) is 0 Å². The van der Waals surface area contributed by atoms with Crippen molar-refractivity contribution in [1.82, 2.24) is 4.98 Å². The van der Waals surface area contributed by atoms with Gasteiger partial charge >= 0.3 is 5.97 Å². The SMILES string of the molecule is C/C=C1/C[N@@+]2(C)[C@H]3C[C@@H]1[C@@H](C(=O)O)[C@@H]2Cc1c3[nH]c2ccccc12. The van der Waals surface area contributed by atoms with E-state index in [0.29, 0.717) is 6.04 Å². The maximum Gasteiger partial charge on any atom is 0.313 e. The van der Waals surface area contributed by atoms with Crippen LogP contribution < -0.4 is 0 Å². The molecule has 4 heteroatoms. The highest BCUT2D eigenvalue weighted by molar-refractivity contribution is 5.85. The molecule has 0 unspecified atom stereocenters. The third-order valence-electron chi connectivity index (χ3n) is 7.04. The van der Waals surface area contributed by atoms with Gasteiger partial charge in [0.15, 0.2) is 0 Å². The molecule has 4 nitrogen and oxygen atoms in total. The lowest BCUT2D eigenvalue weighted by atomic mass is 9.62. The van der Waals surface area contributed by atoms with Gasteiger partial charge in [-0.25, -0.2) is 0 Å². The molecular weight excluding hydrogens is 300 g/mol. The summed E-state index contributed by atoms with van der Waals surface area (Å²) < 4.78 is 0.854. The van der Waals surface area contributed by atoms with Gasteiger partial charge in [-0.1, -0.05) is 24.3 Å². The molecule has 124 valence electrons. The number of quaternary nitrogens is 1. The highest BCUT2D eigenvalue weighted by Gasteiger charge is 2.63. The number of hydrogen-bond donors (Lipinski definition) is 2. The van der Waals surface area contributed by atoms with Crippen LogP contribution in [0.4, 0.5) is 0 Å². The van der Waals surface area contributed by atoms with Crippen molar-refractivity contribution in [2.24, 2.45) is 11.8 Å². The minimum atomic E-state index is -0.616. The number of aliphatic carboxylic acids is 1. The Balaban J connectivity index is 1.75. The van der Waals surface area contributed by atoms with Crippen LogP contribution in [-0.2, 0) is 11.2 Å². The van der Waals surface area contributed by atoms with Crippen molar-refractivity contribution in [3.63, 3.8) is 0 Å². The number of hydrogen-bond acceptors (Lipinski definition) is 1. The highest BCUT2D eigenvalue weighted by Crippen LogP contribution is 2.57. The number of allylic oxidation sites excluding steroid dienone is 1. The van der Waals surface area contributed by atoms with E-state index in [1.54, 1.807) is 0 Å². The van der Waals surface area contributed by atoms with Crippen molar-refractivity contribution in [3.8, 4) is 0 Å². The minimum Gasteiger partial charge on any atom is -0.481 e. The average Bonchev–Trinajstić information content (AvgIpc) is 2.92. The van der Waals surface area contributed by atoms with Gasteiger partial charge in [0.25, 0.3) is 0 Å². The Morgan fingerprint density at radius 2 is 2.17 bits per heavy atom. The first-order chi connectivity index (χ1) is 11.5. The monoisotopic (exact) mass is 323 g/mol. The van der Waals surface area contributed by atoms with Gasteiger partial charge in [-0.05, 0) is 24.1 Å². The first kappa shape index (κ1) is 14.3. The number of rotatable bonds is 1. The molecule has 5 heterocycles. The van der Waals surface area contributed by atoms with Crippen LogP contribution in [0, 0.1) is 11.8 Å². The van der Waals surface area contributed by atoms with Gasteiger partial charge in [-0.3, -0.25) is 4.79 Å². The number of carbonyl (C=O) groups is 1. The summed E-state index contributed by atoms with van der Waals surface area (Å²) >= 11 is 0. The molecule has 3 fully saturated rings. The fourth-order valence-corrected chi connectivity index (χ4v) is 5.94. The topological polar surface area (TPSA) is 53.1 Å². The van der Waals surface area contributed by atoms with Gasteiger partial charge in [0.1, 0.15) is 24.5 Å². The number of aromatic amines is 1. The number of likely N-dealkylation sites (N-methyl/N-ethyl adjacent to an activating group) is 1. The number of carboxylic acids is 1. The molecule has 3 saturated heterocycles. The summed E-state index contributed by atoms with van der Waals surface area (Å²) in [7, 11) is 2.28. The molecule has 2 N–H and O–H groups in total. The lowest BCUT2D eigenvalue weighted by Gasteiger charge is -2.62. The third-order valence-corrected chi connectivity index (χ3v) is 7.04. The molecule has 0 saturated carbocycles. The molecule has 4 aliphatic heterocycles. The number of piperidine rings is 3. The van der Waals surface area contributed by atoms with E-state index < -0.39 is 5.97 Å². The lowest BCUT2D eigenvalue weighted by Crippen LogP contribution is -2.71. The quantitative estimate of drug-likeness (QED) is 0.625. The standard InChI is InChI=1S/C20H22N2O2/c1-3-11-10-22(2)16-9-14-12-6-4-5-7-15(12)21-19(14)17(22)8-13(11)18(16)20(23)24/h3-7,13,16-18,21H,8-10H2,1-2H3/p+1/b11-3-/t13-,16-,17-,18+,22+/m0/s1. The molecule has 2 aromatic rings. The molecule has 4 bridgehead atoms. The molecule has 4 aliphatic rings. The maximum absolute atomic E-state index is 12.1. The summed E-state index contributed by atoms with van der Waals surface area (Å²) in [5.41, 5.74) is 5.26. The molecule has 0 aliphatic carbocycles. The molecule has 1 aromatic heterocycles. The largest absolute Gasteiger partial charge is 0.481 e. The van der Waals surface area contributed by atoms with Gasteiger partial charge in [-0.2, -0.15) is 0 Å². The van der Waals surface area contributed by atoms with Crippen LogP contribution in [0.25, 0.3) is 10.9 Å². The molecule has 6 rings (SSSR count). The second-order valence-corrected chi connectivity index (χ2v) is 7.92. The summed E-state index contributed by atoms with van der Waals surface area (Å²) in [6, 6.07) is 9.04. The molecule has 5 atom stereocenters. The zero-order valence-corrected chi connectivity index (χ0v) is 14.1. The summed E-state index contributed by atoms with van der Waals surface area (Å²) in [6.07, 6.45) is 3.98. The van der Waals surface area contributed by atoms with Crippen molar-refractivity contribution < 1.29 is 14.4 Å². The summed E-state index contributed by atoms with van der Waals surface area (Å²) in [6.45, 7) is 3.06. The first-order valence-corrected chi connectivity index (χ1v) is 8.87. The second kappa shape index (κ2) is 4.51. The van der Waals surface area contributed by atoms with E-state index in [-0.39, 0.29) is 17.9 Å². The van der Waals surface area contributed by atoms with Crippen molar-refractivity contribution in [2.45, 2.75) is 31.8 Å². The number of nitrogens with zero attached hydrogens (tertiary/aromatic N) is 1. The highest BCUT2D eigenvalue weighted by atomic mass is 16.4. The Morgan fingerprint density at radius 3 is 2.92 bits per heavy atom. The Hall–Kier alpha value is -2.07. The zero-order chi connectivity index (χ0) is 16.6. The van der Waals surface area contributed by atoms with Crippen LogP contribution in [0.2, 0.25) is 0 Å². The van der Waals surface area contributed by atoms with Crippen LogP contribution in [0.1, 0.15) is 30.6 Å². The number of aromatic nitrogens is 1. The van der Waals surface area contributed by atoms with E-state index in [1.807, 2.05) is 0 Å². The van der Waals surface area contributed by atoms with E-state index in [4.69, 9.17) is 0 Å². The van der Waals surface area contributed by atoms with Crippen LogP contribution in [-0.4, -0.2) is 40.2 Å². The van der Waals surface area contributed by atoms with E-state index in [2.05, 4.69) is 49.3 Å². The minimum absolute atomic E-state index is 0.182. The Kier molecular flexibility index (Phi) is 2.69. The Labute approximate surface area is 141 Å². The normalized spacial score (nSPS) is 38.5. The lowest BCUT2D eigenvalue weighted by molar-refractivity contribution is -0.977. The van der Waals surface area contributed by atoms with Crippen molar-refractivity contribution in [1.29, 1.82) is 0 Å². The van der Waals surface area contributed by atoms with E-state index in [0.717, 1.165) is 23.9 Å². The van der Waals surface area contributed by atoms with Crippen LogP contribution in [0.5, 0.6) is 0 Å². The predicted octanol–water partition coefficient (Wildman–Crippen LogP) is 3.26. The summed E-state index contributed by atoms with van der Waals surface area (Å²) in [5, 5.41) is 11.2. The number of fused-ring (bicyclic) bond motifs is 4. The van der Waals surface area contributed by atoms with Gasteiger partial charge in [0.05, 0.1) is 12.7 Å². The van der Waals surface area contributed by atoms with Crippen LogP contribution >= 0.6 is 0 Å². The number of nitrogens with one attached hydrogen (secondary N) is 1. The molecule has 1 aromatic carbocycles. The smallest absolute Gasteiger partial charge is 0.313 e. The molecule has 24 heavy (non-hydrogen) atoms. The number of H-pyrrole nitrogens is 1. The van der Waals surface area contributed by atoms with Gasteiger partial charge < -0.3 is 14.6 Å². The van der Waals surface area contributed by atoms with Gasteiger partial charge in [0, 0.05) is 29.7 Å². The number of benzene rings is 1. The Morgan fingerprint density at radius 1 is 1.38 bits per heavy atom. The maximum atomic E-state index is 12.1. The van der Waals surface area contributed by atoms with Crippen molar-refractivity contribution >= 4 is 16.9 Å². The van der Waals surface area contributed by atoms with Crippen LogP contribution in [0.3, 0.4) is 0 Å². The zero-order valence-electron chi connectivity index (χ0n) is 14.1. The Bertz CT molecular complexity index is 896. The fourth-order valence-electron chi connectivity index (χ4n) is 5.94. The molecular formula is C20H23N2O2+. The first-order valence-electron chi connectivity index (χ1n) is 8.87. The third kappa shape index (κ3) is 1.55. The van der Waals surface area contributed by atoms with Gasteiger partial charge in [-0.15, -0.1) is 0 Å². The summed E-state index contributed by atoms with van der Waals surface area (Å²) in [5.74, 6) is -0.676. The summed E-state index contributed by atoms with van der Waals surface area (Å²) in [4.78, 5) is 15.8.